The number of halogens is 1. The lowest BCUT2D eigenvalue weighted by Crippen LogP contribution is -2.22. The van der Waals surface area contributed by atoms with Crippen LogP contribution in [0.2, 0.25) is 0 Å². The Morgan fingerprint density at radius 2 is 1.86 bits per heavy atom. The number of hydrogen-bond acceptors (Lipinski definition) is 4. The van der Waals surface area contributed by atoms with Crippen LogP contribution in [0.1, 0.15) is 0 Å². The molecule has 0 atom stereocenters. The summed E-state index contributed by atoms with van der Waals surface area (Å²) in [5.41, 5.74) is 6.44. The van der Waals surface area contributed by atoms with Crippen LogP contribution in [0.4, 0.5) is 5.69 Å². The first-order chi connectivity index (χ1) is 9.80. The molecule has 2 aromatic rings. The van der Waals surface area contributed by atoms with Gasteiger partial charge in [0, 0.05) is 34.0 Å². The smallest absolute Gasteiger partial charge is 0.242 e. The van der Waals surface area contributed by atoms with Crippen molar-refractivity contribution in [3.05, 3.63) is 46.9 Å². The number of hydrogen-bond donors (Lipinski definition) is 1. The summed E-state index contributed by atoms with van der Waals surface area (Å²) in [4.78, 5) is 2.05. The van der Waals surface area contributed by atoms with Crippen LogP contribution >= 0.6 is 27.7 Å². The summed E-state index contributed by atoms with van der Waals surface area (Å²) in [7, 11) is -0.468. The zero-order chi connectivity index (χ0) is 15.6. The van der Waals surface area contributed by atoms with Gasteiger partial charge in [0.05, 0.1) is 4.90 Å². The molecule has 2 rings (SSSR count). The molecular formula is C14H15BrN2O2S2. The molecule has 0 aromatic heterocycles. The lowest BCUT2D eigenvalue weighted by atomic mass is 10.3. The van der Waals surface area contributed by atoms with Gasteiger partial charge in [0.25, 0.3) is 0 Å². The fourth-order valence-electron chi connectivity index (χ4n) is 1.65. The molecule has 0 unspecified atom stereocenters. The fourth-order valence-corrected chi connectivity index (χ4v) is 4.04. The van der Waals surface area contributed by atoms with Crippen LogP contribution in [0.5, 0.6) is 0 Å². The highest BCUT2D eigenvalue weighted by Crippen LogP contribution is 2.34. The normalized spacial score (nSPS) is 11.8. The van der Waals surface area contributed by atoms with Crippen LogP contribution < -0.4 is 5.73 Å². The van der Waals surface area contributed by atoms with E-state index in [1.165, 1.54) is 36.2 Å². The molecule has 0 aliphatic rings. The molecule has 21 heavy (non-hydrogen) atoms. The summed E-state index contributed by atoms with van der Waals surface area (Å²) in [6.45, 7) is 0. The van der Waals surface area contributed by atoms with Crippen molar-refractivity contribution in [1.82, 2.24) is 4.31 Å². The molecule has 0 amide bonds. The third-order valence-corrected chi connectivity index (χ3v) is 6.17. The fraction of sp³-hybridized carbons (Fsp3) is 0.143. The van der Waals surface area contributed by atoms with Crippen molar-refractivity contribution in [2.24, 2.45) is 0 Å². The molecule has 0 aliphatic carbocycles. The van der Waals surface area contributed by atoms with Gasteiger partial charge in [0.2, 0.25) is 10.0 Å². The predicted molar refractivity (Wildman–Crippen MR) is 90.0 cm³/mol. The topological polar surface area (TPSA) is 63.4 Å². The second-order valence-corrected chi connectivity index (χ2v) is 8.73. The SMILES string of the molecule is CN(C)S(=O)(=O)c1ccc(Sc2cccc(Br)c2)c(N)c1. The molecule has 7 heteroatoms. The monoisotopic (exact) mass is 386 g/mol. The van der Waals surface area contributed by atoms with Crippen LogP contribution in [0.3, 0.4) is 0 Å². The Morgan fingerprint density at radius 3 is 2.43 bits per heavy atom. The average Bonchev–Trinajstić information content (AvgIpc) is 2.41. The Hall–Kier alpha value is -1.02. The molecule has 4 nitrogen and oxygen atoms in total. The minimum Gasteiger partial charge on any atom is -0.398 e. The minimum absolute atomic E-state index is 0.198. The summed E-state index contributed by atoms with van der Waals surface area (Å²) in [6.07, 6.45) is 0. The van der Waals surface area contributed by atoms with Crippen molar-refractivity contribution < 1.29 is 8.42 Å². The summed E-state index contributed by atoms with van der Waals surface area (Å²) >= 11 is 4.91. The van der Waals surface area contributed by atoms with Gasteiger partial charge < -0.3 is 5.73 Å². The molecule has 0 radical (unpaired) electrons. The van der Waals surface area contributed by atoms with Crippen LogP contribution in [0, 0.1) is 0 Å². The highest BCUT2D eigenvalue weighted by molar-refractivity contribution is 9.10. The molecule has 0 saturated heterocycles. The van der Waals surface area contributed by atoms with Gasteiger partial charge in [-0.25, -0.2) is 12.7 Å². The van der Waals surface area contributed by atoms with Gasteiger partial charge in [0.1, 0.15) is 0 Å². The standard InChI is InChI=1S/C14H15BrN2O2S2/c1-17(2)21(18,19)12-6-7-14(13(16)9-12)20-11-5-3-4-10(15)8-11/h3-9H,16H2,1-2H3. The molecule has 2 aromatic carbocycles. The van der Waals surface area contributed by atoms with Gasteiger partial charge in [-0.2, -0.15) is 0 Å². The van der Waals surface area contributed by atoms with E-state index in [0.29, 0.717) is 5.69 Å². The molecule has 0 spiro atoms. The predicted octanol–water partition coefficient (Wildman–Crippen LogP) is 3.43. The van der Waals surface area contributed by atoms with Crippen molar-refractivity contribution in [2.75, 3.05) is 19.8 Å². The van der Waals surface area contributed by atoms with Crippen LogP contribution in [0.15, 0.2) is 61.6 Å². The van der Waals surface area contributed by atoms with E-state index in [9.17, 15) is 8.42 Å². The molecule has 112 valence electrons. The van der Waals surface area contributed by atoms with E-state index in [0.717, 1.165) is 14.3 Å². The summed E-state index contributed by atoms with van der Waals surface area (Å²) in [5, 5.41) is 0. The Morgan fingerprint density at radius 1 is 1.14 bits per heavy atom. The van der Waals surface area contributed by atoms with Crippen molar-refractivity contribution in [3.63, 3.8) is 0 Å². The third kappa shape index (κ3) is 3.79. The maximum absolute atomic E-state index is 12.1. The Labute approximate surface area is 137 Å². The lowest BCUT2D eigenvalue weighted by Gasteiger charge is -2.13. The largest absolute Gasteiger partial charge is 0.398 e. The highest BCUT2D eigenvalue weighted by Gasteiger charge is 2.18. The van der Waals surface area contributed by atoms with Crippen molar-refractivity contribution in [3.8, 4) is 0 Å². The van der Waals surface area contributed by atoms with Gasteiger partial charge in [-0.1, -0.05) is 33.8 Å². The number of nitrogens with two attached hydrogens (primary N) is 1. The second kappa shape index (κ2) is 6.39. The number of nitrogens with zero attached hydrogens (tertiary/aromatic N) is 1. The summed E-state index contributed by atoms with van der Waals surface area (Å²) in [5.74, 6) is 0. The van der Waals surface area contributed by atoms with E-state index in [2.05, 4.69) is 15.9 Å². The molecule has 0 bridgehead atoms. The quantitative estimate of drug-likeness (QED) is 0.817. The van der Waals surface area contributed by atoms with E-state index in [4.69, 9.17) is 5.73 Å². The van der Waals surface area contributed by atoms with Crippen LogP contribution in [0.25, 0.3) is 0 Å². The van der Waals surface area contributed by atoms with Crippen molar-refractivity contribution in [2.45, 2.75) is 14.7 Å². The minimum atomic E-state index is -3.46. The zero-order valence-corrected chi connectivity index (χ0v) is 14.8. The summed E-state index contributed by atoms with van der Waals surface area (Å²) in [6, 6.07) is 12.6. The molecule has 0 fully saturated rings. The van der Waals surface area contributed by atoms with E-state index >= 15 is 0 Å². The molecular weight excluding hydrogens is 372 g/mol. The maximum Gasteiger partial charge on any atom is 0.242 e. The Balaban J connectivity index is 2.32. The molecule has 0 aliphatic heterocycles. The molecule has 0 saturated carbocycles. The Kier molecular flexibility index (Phi) is 4.98. The molecule has 2 N–H and O–H groups in total. The highest BCUT2D eigenvalue weighted by atomic mass is 79.9. The van der Waals surface area contributed by atoms with E-state index in [1.807, 2.05) is 24.3 Å². The van der Waals surface area contributed by atoms with E-state index in [1.54, 1.807) is 12.1 Å². The summed E-state index contributed by atoms with van der Waals surface area (Å²) < 4.78 is 26.3. The zero-order valence-electron chi connectivity index (χ0n) is 11.6. The number of benzene rings is 2. The van der Waals surface area contributed by atoms with E-state index < -0.39 is 10.0 Å². The van der Waals surface area contributed by atoms with E-state index in [-0.39, 0.29) is 4.90 Å². The number of anilines is 1. The van der Waals surface area contributed by atoms with Crippen molar-refractivity contribution >= 4 is 43.4 Å². The van der Waals surface area contributed by atoms with Gasteiger partial charge in [0.15, 0.2) is 0 Å². The second-order valence-electron chi connectivity index (χ2n) is 4.55. The van der Waals surface area contributed by atoms with Crippen LogP contribution in [-0.4, -0.2) is 26.8 Å². The first-order valence-corrected chi connectivity index (χ1v) is 9.11. The van der Waals surface area contributed by atoms with Crippen LogP contribution in [-0.2, 0) is 10.0 Å². The third-order valence-electron chi connectivity index (χ3n) is 2.78. The van der Waals surface area contributed by atoms with Gasteiger partial charge in [-0.15, -0.1) is 0 Å². The number of nitrogen functional groups attached to an aromatic ring is 1. The Bertz CT molecular complexity index is 761. The van der Waals surface area contributed by atoms with Gasteiger partial charge in [-0.3, -0.25) is 0 Å². The van der Waals surface area contributed by atoms with Gasteiger partial charge >= 0.3 is 0 Å². The first-order valence-electron chi connectivity index (χ1n) is 6.06. The van der Waals surface area contributed by atoms with Gasteiger partial charge in [-0.05, 0) is 36.4 Å². The lowest BCUT2D eigenvalue weighted by molar-refractivity contribution is 0.520. The van der Waals surface area contributed by atoms with Crippen molar-refractivity contribution in [1.29, 1.82) is 0 Å². The average molecular weight is 387 g/mol. The maximum atomic E-state index is 12.1. The molecule has 0 heterocycles. The number of sulfonamides is 1. The first kappa shape index (κ1) is 16.4. The number of rotatable bonds is 4.